The number of aryl methyl sites for hydroxylation is 1. The monoisotopic (exact) mass is 207 g/mol. The van der Waals surface area contributed by atoms with Crippen LogP contribution in [0.4, 0.5) is 4.39 Å². The lowest BCUT2D eigenvalue weighted by molar-refractivity contribution is 0.109. The van der Waals surface area contributed by atoms with Gasteiger partial charge in [-0.05, 0) is 37.9 Å². The molecule has 0 aliphatic carbocycles. The maximum Gasteiger partial charge on any atom is 0.117 e. The summed E-state index contributed by atoms with van der Waals surface area (Å²) >= 11 is 0. The highest BCUT2D eigenvalue weighted by atomic mass is 19.1. The molecule has 2 unspecified atom stereocenters. The van der Waals surface area contributed by atoms with Crippen molar-refractivity contribution in [3.05, 3.63) is 35.4 Å². The summed E-state index contributed by atoms with van der Waals surface area (Å²) in [6, 6.07) is 8.10. The van der Waals surface area contributed by atoms with E-state index in [0.717, 1.165) is 18.7 Å². The molecule has 0 radical (unpaired) electrons. The molecule has 1 aromatic rings. The van der Waals surface area contributed by atoms with Gasteiger partial charge in [-0.15, -0.1) is 0 Å². The first-order valence-corrected chi connectivity index (χ1v) is 5.56. The average molecular weight is 207 g/mol. The lowest BCUT2D eigenvalue weighted by atomic mass is 9.79. The van der Waals surface area contributed by atoms with Crippen LogP contribution in [0.25, 0.3) is 0 Å². The number of rotatable bonds is 1. The molecule has 1 nitrogen and oxygen atoms in total. The van der Waals surface area contributed by atoms with Crippen molar-refractivity contribution in [2.45, 2.75) is 31.9 Å². The Hall–Kier alpha value is -0.890. The van der Waals surface area contributed by atoms with Crippen LogP contribution in [0.1, 0.15) is 30.4 Å². The van der Waals surface area contributed by atoms with Gasteiger partial charge in [0.1, 0.15) is 5.67 Å². The predicted molar refractivity (Wildman–Crippen MR) is 60.9 cm³/mol. The lowest BCUT2D eigenvalue weighted by Crippen LogP contribution is -2.44. The first kappa shape index (κ1) is 10.6. The van der Waals surface area contributed by atoms with Crippen LogP contribution < -0.4 is 5.32 Å². The lowest BCUT2D eigenvalue weighted by Gasteiger charge is -2.36. The summed E-state index contributed by atoms with van der Waals surface area (Å²) in [4.78, 5) is 0. The fourth-order valence-electron chi connectivity index (χ4n) is 2.38. The summed E-state index contributed by atoms with van der Waals surface area (Å²) in [5.74, 6) is -0.00699. The zero-order valence-corrected chi connectivity index (χ0v) is 9.39. The smallest absolute Gasteiger partial charge is 0.117 e. The average Bonchev–Trinajstić information content (AvgIpc) is 2.19. The quantitative estimate of drug-likeness (QED) is 0.746. The van der Waals surface area contributed by atoms with Gasteiger partial charge in [-0.1, -0.05) is 24.3 Å². The van der Waals surface area contributed by atoms with E-state index >= 15 is 0 Å². The summed E-state index contributed by atoms with van der Waals surface area (Å²) in [6.07, 6.45) is 0.603. The largest absolute Gasteiger partial charge is 0.316 e. The maximum atomic E-state index is 14.4. The minimum absolute atomic E-state index is 0.00699. The van der Waals surface area contributed by atoms with E-state index in [4.69, 9.17) is 0 Å². The number of benzene rings is 1. The van der Waals surface area contributed by atoms with Gasteiger partial charge in [0.25, 0.3) is 0 Å². The standard InChI is InChI=1S/C13H18FN/c1-10-5-3-4-6-11(10)12-9-15-8-7-13(12,2)14/h3-6,12,15H,7-9H2,1-2H3. The van der Waals surface area contributed by atoms with Crippen molar-refractivity contribution in [2.24, 2.45) is 0 Å². The molecule has 1 saturated heterocycles. The Bertz CT molecular complexity index is 346. The molecule has 1 fully saturated rings. The summed E-state index contributed by atoms with van der Waals surface area (Å²) in [7, 11) is 0. The third kappa shape index (κ3) is 2.05. The molecule has 0 amide bonds. The number of hydrogen-bond acceptors (Lipinski definition) is 1. The Morgan fingerprint density at radius 1 is 1.40 bits per heavy atom. The normalized spacial score (nSPS) is 31.5. The summed E-state index contributed by atoms with van der Waals surface area (Å²) in [5.41, 5.74) is 1.27. The highest BCUT2D eigenvalue weighted by Crippen LogP contribution is 2.37. The van der Waals surface area contributed by atoms with Crippen LogP contribution in [0.5, 0.6) is 0 Å². The maximum absolute atomic E-state index is 14.4. The highest BCUT2D eigenvalue weighted by molar-refractivity contribution is 5.32. The minimum Gasteiger partial charge on any atom is -0.316 e. The van der Waals surface area contributed by atoms with E-state index in [-0.39, 0.29) is 5.92 Å². The SMILES string of the molecule is Cc1ccccc1C1CNCCC1(C)F. The van der Waals surface area contributed by atoms with Gasteiger partial charge < -0.3 is 5.32 Å². The van der Waals surface area contributed by atoms with Crippen LogP contribution in [-0.2, 0) is 0 Å². The summed E-state index contributed by atoms with van der Waals surface area (Å²) in [6.45, 7) is 5.32. The second-order valence-electron chi connectivity index (χ2n) is 4.64. The number of piperidine rings is 1. The Kier molecular flexibility index (Phi) is 2.79. The van der Waals surface area contributed by atoms with Gasteiger partial charge in [0, 0.05) is 12.5 Å². The van der Waals surface area contributed by atoms with E-state index in [0.29, 0.717) is 6.42 Å². The molecule has 2 rings (SSSR count). The van der Waals surface area contributed by atoms with E-state index in [1.165, 1.54) is 5.56 Å². The molecule has 82 valence electrons. The van der Waals surface area contributed by atoms with Crippen LogP contribution in [-0.4, -0.2) is 18.8 Å². The highest BCUT2D eigenvalue weighted by Gasteiger charge is 2.37. The summed E-state index contributed by atoms with van der Waals surface area (Å²) in [5, 5.41) is 3.28. The third-order valence-electron chi connectivity index (χ3n) is 3.43. The summed E-state index contributed by atoms with van der Waals surface area (Å²) < 4.78 is 14.4. The van der Waals surface area contributed by atoms with Crippen molar-refractivity contribution in [1.82, 2.24) is 5.32 Å². The van der Waals surface area contributed by atoms with E-state index in [9.17, 15) is 4.39 Å². The van der Waals surface area contributed by atoms with Crippen molar-refractivity contribution in [3.8, 4) is 0 Å². The Balaban J connectivity index is 2.33. The van der Waals surface area contributed by atoms with Crippen LogP contribution in [0, 0.1) is 6.92 Å². The predicted octanol–water partition coefficient (Wildman–Crippen LogP) is 2.80. The van der Waals surface area contributed by atoms with E-state index < -0.39 is 5.67 Å². The van der Waals surface area contributed by atoms with Gasteiger partial charge in [-0.25, -0.2) is 4.39 Å². The molecule has 0 aromatic heterocycles. The Morgan fingerprint density at radius 3 is 2.80 bits per heavy atom. The molecule has 0 bridgehead atoms. The molecule has 2 heteroatoms. The van der Waals surface area contributed by atoms with Crippen molar-refractivity contribution >= 4 is 0 Å². The second kappa shape index (κ2) is 3.93. The molecule has 1 heterocycles. The third-order valence-corrected chi connectivity index (χ3v) is 3.43. The van der Waals surface area contributed by atoms with Gasteiger partial charge in [-0.2, -0.15) is 0 Å². The molecule has 1 aromatic carbocycles. The molecule has 0 spiro atoms. The van der Waals surface area contributed by atoms with Gasteiger partial charge in [-0.3, -0.25) is 0 Å². The van der Waals surface area contributed by atoms with Gasteiger partial charge in [0.2, 0.25) is 0 Å². The van der Waals surface area contributed by atoms with E-state index in [2.05, 4.69) is 18.3 Å². The van der Waals surface area contributed by atoms with Gasteiger partial charge in [0.05, 0.1) is 0 Å². The molecular formula is C13H18FN. The van der Waals surface area contributed by atoms with E-state index in [1.54, 1.807) is 6.92 Å². The van der Waals surface area contributed by atoms with Gasteiger partial charge >= 0.3 is 0 Å². The first-order valence-electron chi connectivity index (χ1n) is 5.56. The molecule has 1 aliphatic heterocycles. The first-order chi connectivity index (χ1) is 7.11. The van der Waals surface area contributed by atoms with Crippen molar-refractivity contribution in [1.29, 1.82) is 0 Å². The fourth-order valence-corrected chi connectivity index (χ4v) is 2.38. The van der Waals surface area contributed by atoms with Crippen molar-refractivity contribution in [2.75, 3.05) is 13.1 Å². The molecule has 2 atom stereocenters. The number of halogens is 1. The van der Waals surface area contributed by atoms with Gasteiger partial charge in [0.15, 0.2) is 0 Å². The Labute approximate surface area is 90.7 Å². The van der Waals surface area contributed by atoms with Crippen molar-refractivity contribution in [3.63, 3.8) is 0 Å². The number of hydrogen-bond donors (Lipinski definition) is 1. The molecular weight excluding hydrogens is 189 g/mol. The zero-order valence-electron chi connectivity index (χ0n) is 9.39. The molecule has 1 N–H and O–H groups in total. The molecule has 0 saturated carbocycles. The fraction of sp³-hybridized carbons (Fsp3) is 0.538. The second-order valence-corrected chi connectivity index (χ2v) is 4.64. The van der Waals surface area contributed by atoms with Crippen LogP contribution in [0.2, 0.25) is 0 Å². The molecule has 1 aliphatic rings. The van der Waals surface area contributed by atoms with Crippen molar-refractivity contribution < 1.29 is 4.39 Å². The zero-order chi connectivity index (χ0) is 10.9. The molecule has 15 heavy (non-hydrogen) atoms. The minimum atomic E-state index is -1.07. The topological polar surface area (TPSA) is 12.0 Å². The van der Waals surface area contributed by atoms with E-state index in [1.807, 2.05) is 18.2 Å². The Morgan fingerprint density at radius 2 is 2.13 bits per heavy atom. The number of nitrogens with one attached hydrogen (secondary N) is 1. The van der Waals surface area contributed by atoms with Crippen LogP contribution >= 0.6 is 0 Å². The van der Waals surface area contributed by atoms with Crippen LogP contribution in [0.15, 0.2) is 24.3 Å². The van der Waals surface area contributed by atoms with Crippen LogP contribution in [0.3, 0.4) is 0 Å². The number of alkyl halides is 1.